The molecule has 2 heterocycles. The molecule has 0 radical (unpaired) electrons. The van der Waals surface area contributed by atoms with Gasteiger partial charge in [0.05, 0.1) is 12.7 Å². The average Bonchev–Trinajstić information content (AvgIpc) is 3.39. The molecule has 4 aromatic rings. The van der Waals surface area contributed by atoms with E-state index >= 15 is 0 Å². The number of hydrogen-bond acceptors (Lipinski definition) is 6. The van der Waals surface area contributed by atoms with E-state index in [0.29, 0.717) is 23.4 Å². The monoisotopic (exact) mass is 381 g/mol. The molecule has 0 aliphatic rings. The predicted molar refractivity (Wildman–Crippen MR) is 94.6 cm³/mol. The van der Waals surface area contributed by atoms with Crippen LogP contribution in [0.4, 0.5) is 8.78 Å². The number of halogens is 2. The lowest BCUT2D eigenvalue weighted by atomic mass is 10.1. The number of hydrogen-bond donors (Lipinski definition) is 0. The molecule has 0 atom stereocenters. The first-order valence-corrected chi connectivity index (χ1v) is 8.29. The number of rotatable bonds is 6. The summed E-state index contributed by atoms with van der Waals surface area (Å²) in [6.45, 7) is 0.478. The zero-order valence-corrected chi connectivity index (χ0v) is 14.4. The van der Waals surface area contributed by atoms with E-state index in [0.717, 1.165) is 17.4 Å². The molecule has 0 fully saturated rings. The number of carbonyl (C=O) groups is 1. The molecule has 0 saturated heterocycles. The van der Waals surface area contributed by atoms with E-state index in [1.54, 1.807) is 35.1 Å². The van der Waals surface area contributed by atoms with Crippen LogP contribution in [0.15, 0.2) is 59.1 Å². The van der Waals surface area contributed by atoms with Gasteiger partial charge < -0.3 is 4.42 Å². The highest BCUT2D eigenvalue weighted by molar-refractivity contribution is 5.76. The van der Waals surface area contributed by atoms with Gasteiger partial charge in [0.1, 0.15) is 12.0 Å². The summed E-state index contributed by atoms with van der Waals surface area (Å²) in [7, 11) is 0. The fraction of sp³-hybridized carbons (Fsp3) is 0.105. The van der Waals surface area contributed by atoms with Crippen molar-refractivity contribution in [3.05, 3.63) is 71.7 Å². The van der Waals surface area contributed by atoms with E-state index in [-0.39, 0.29) is 5.89 Å². The van der Waals surface area contributed by atoms with Crippen molar-refractivity contribution in [2.75, 3.05) is 0 Å². The third kappa shape index (κ3) is 3.68. The van der Waals surface area contributed by atoms with Crippen molar-refractivity contribution in [1.29, 1.82) is 0 Å². The summed E-state index contributed by atoms with van der Waals surface area (Å²) in [6.07, 6.45) is -0.208. The van der Waals surface area contributed by atoms with Crippen molar-refractivity contribution < 1.29 is 18.0 Å². The first kappa shape index (κ1) is 17.7. The van der Waals surface area contributed by atoms with Crippen molar-refractivity contribution in [3.63, 3.8) is 0 Å². The van der Waals surface area contributed by atoms with Crippen LogP contribution in [0.2, 0.25) is 0 Å². The molecule has 28 heavy (non-hydrogen) atoms. The molecule has 0 N–H and O–H groups in total. The molecule has 9 heteroatoms. The van der Waals surface area contributed by atoms with Crippen molar-refractivity contribution in [1.82, 2.24) is 25.2 Å². The number of aromatic nitrogens is 5. The van der Waals surface area contributed by atoms with Gasteiger partial charge in [-0.05, 0) is 17.7 Å². The maximum Gasteiger partial charge on any atom is 0.314 e. The van der Waals surface area contributed by atoms with Gasteiger partial charge in [0.2, 0.25) is 5.89 Å². The Morgan fingerprint density at radius 2 is 1.68 bits per heavy atom. The Morgan fingerprint density at radius 1 is 0.964 bits per heavy atom. The number of aldehydes is 1. The molecule has 0 spiro atoms. The molecule has 140 valence electrons. The van der Waals surface area contributed by atoms with E-state index in [9.17, 15) is 13.6 Å². The van der Waals surface area contributed by atoms with Crippen LogP contribution in [0.1, 0.15) is 28.2 Å². The van der Waals surface area contributed by atoms with Crippen molar-refractivity contribution >= 4 is 6.29 Å². The second kappa shape index (κ2) is 7.47. The summed E-state index contributed by atoms with van der Waals surface area (Å²) < 4.78 is 31.7. The topological polar surface area (TPSA) is 86.7 Å². The second-order valence-corrected chi connectivity index (χ2v) is 5.98. The van der Waals surface area contributed by atoms with Gasteiger partial charge in [-0.2, -0.15) is 8.78 Å². The lowest BCUT2D eigenvalue weighted by Gasteiger charge is -2.02. The van der Waals surface area contributed by atoms with E-state index in [1.165, 1.54) is 0 Å². The highest BCUT2D eigenvalue weighted by atomic mass is 19.3. The second-order valence-electron chi connectivity index (χ2n) is 5.98. The Hall–Kier alpha value is -3.75. The minimum absolute atomic E-state index is 0.0451. The lowest BCUT2D eigenvalue weighted by Crippen LogP contribution is -2.00. The smallest absolute Gasteiger partial charge is 0.314 e. The molecule has 0 bridgehead atoms. The molecule has 7 nitrogen and oxygen atoms in total. The first-order chi connectivity index (χ1) is 13.6. The maximum atomic E-state index is 12.5. The third-order valence-electron chi connectivity index (χ3n) is 4.05. The quantitative estimate of drug-likeness (QED) is 0.472. The first-order valence-electron chi connectivity index (χ1n) is 8.29. The van der Waals surface area contributed by atoms with Crippen LogP contribution in [0.3, 0.4) is 0 Å². The molecular formula is C19H13F2N5O2. The molecule has 0 saturated carbocycles. The van der Waals surface area contributed by atoms with Gasteiger partial charge in [0, 0.05) is 16.7 Å². The summed E-state index contributed by atoms with van der Waals surface area (Å²) >= 11 is 0. The summed E-state index contributed by atoms with van der Waals surface area (Å²) in [4.78, 5) is 10.7. The maximum absolute atomic E-state index is 12.5. The van der Waals surface area contributed by atoms with Gasteiger partial charge in [0.25, 0.3) is 5.89 Å². The fourth-order valence-electron chi connectivity index (χ4n) is 2.62. The molecule has 2 aromatic carbocycles. The van der Waals surface area contributed by atoms with Crippen LogP contribution in [-0.2, 0) is 6.54 Å². The summed E-state index contributed by atoms with van der Waals surface area (Å²) in [5.74, 6) is -0.654. The average molecular weight is 381 g/mol. The molecule has 4 rings (SSSR count). The van der Waals surface area contributed by atoms with Crippen LogP contribution in [0.5, 0.6) is 0 Å². The summed E-state index contributed by atoms with van der Waals surface area (Å²) in [5.41, 5.74) is 3.64. The van der Waals surface area contributed by atoms with Crippen molar-refractivity contribution in [2.45, 2.75) is 13.0 Å². The highest BCUT2D eigenvalue weighted by Crippen LogP contribution is 2.23. The number of carbonyl (C=O) groups excluding carboxylic acids is 1. The van der Waals surface area contributed by atoms with Crippen LogP contribution < -0.4 is 0 Å². The van der Waals surface area contributed by atoms with Crippen LogP contribution in [0, 0.1) is 0 Å². The molecule has 0 aliphatic heterocycles. The normalized spacial score (nSPS) is 11.1. The SMILES string of the molecule is O=Cc1ccc(-c2cn(Cc3ccc(-c4nnc(C(F)F)o4)cc3)nn2)cc1. The van der Waals surface area contributed by atoms with Gasteiger partial charge in [0.15, 0.2) is 0 Å². The minimum atomic E-state index is -2.79. The highest BCUT2D eigenvalue weighted by Gasteiger charge is 2.16. The fourth-order valence-corrected chi connectivity index (χ4v) is 2.62. The Bertz CT molecular complexity index is 1090. The van der Waals surface area contributed by atoms with E-state index < -0.39 is 12.3 Å². The van der Waals surface area contributed by atoms with E-state index in [1.807, 2.05) is 24.3 Å². The van der Waals surface area contributed by atoms with Crippen molar-refractivity contribution in [3.8, 4) is 22.7 Å². The van der Waals surface area contributed by atoms with E-state index in [2.05, 4.69) is 20.5 Å². The third-order valence-corrected chi connectivity index (χ3v) is 4.05. The zero-order chi connectivity index (χ0) is 19.5. The molecule has 0 aliphatic carbocycles. The Kier molecular flexibility index (Phi) is 4.71. The minimum Gasteiger partial charge on any atom is -0.415 e. The molecule has 2 aromatic heterocycles. The Morgan fingerprint density at radius 3 is 2.32 bits per heavy atom. The van der Waals surface area contributed by atoms with Gasteiger partial charge in [-0.3, -0.25) is 4.79 Å². The Labute approximate surface area is 157 Å². The van der Waals surface area contributed by atoms with Crippen LogP contribution in [-0.4, -0.2) is 31.5 Å². The van der Waals surface area contributed by atoms with Crippen LogP contribution in [0.25, 0.3) is 22.7 Å². The standard InChI is InChI=1S/C19H13F2N5O2/c20-17(21)19-24-23-18(28-19)15-7-1-12(2-8-15)9-26-10-16(22-25-26)14-5-3-13(11-27)4-6-14/h1-8,10-11,17H,9H2. The van der Waals surface area contributed by atoms with E-state index in [4.69, 9.17) is 4.42 Å². The molecular weight excluding hydrogens is 368 g/mol. The lowest BCUT2D eigenvalue weighted by molar-refractivity contribution is 0.112. The zero-order valence-electron chi connectivity index (χ0n) is 14.4. The van der Waals surface area contributed by atoms with Gasteiger partial charge >= 0.3 is 6.43 Å². The Balaban J connectivity index is 1.47. The predicted octanol–water partition coefficient (Wildman–Crippen LogP) is 3.79. The van der Waals surface area contributed by atoms with Gasteiger partial charge in [-0.25, -0.2) is 4.68 Å². The van der Waals surface area contributed by atoms with Crippen molar-refractivity contribution in [2.24, 2.45) is 0 Å². The number of nitrogens with zero attached hydrogens (tertiary/aromatic N) is 5. The summed E-state index contributed by atoms with van der Waals surface area (Å²) in [6, 6.07) is 14.1. The summed E-state index contributed by atoms with van der Waals surface area (Å²) in [5, 5.41) is 15.2. The van der Waals surface area contributed by atoms with Gasteiger partial charge in [-0.1, -0.05) is 41.6 Å². The molecule has 0 unspecified atom stereocenters. The number of alkyl halides is 2. The van der Waals surface area contributed by atoms with Gasteiger partial charge in [-0.15, -0.1) is 15.3 Å². The largest absolute Gasteiger partial charge is 0.415 e. The van der Waals surface area contributed by atoms with Crippen LogP contribution >= 0.6 is 0 Å². The number of benzene rings is 2. The molecule has 0 amide bonds.